The Bertz CT molecular complexity index is 931. The average Bonchev–Trinajstić information content (AvgIpc) is 3.20. The maximum absolute atomic E-state index is 13.3. The highest BCUT2D eigenvalue weighted by atomic mass is 19.4. The highest BCUT2D eigenvalue weighted by Gasteiger charge is 2.46. The zero-order valence-corrected chi connectivity index (χ0v) is 16.8. The Balaban J connectivity index is 1.84. The number of anilines is 1. The zero-order chi connectivity index (χ0) is 22.6. The summed E-state index contributed by atoms with van der Waals surface area (Å²) in [6.07, 6.45) is -3.38. The third-order valence-electron chi connectivity index (χ3n) is 5.25. The van der Waals surface area contributed by atoms with E-state index in [9.17, 15) is 27.9 Å². The molecule has 168 valence electrons. The zero-order valence-electron chi connectivity index (χ0n) is 16.8. The molecule has 1 fully saturated rings. The van der Waals surface area contributed by atoms with Gasteiger partial charge in [-0.25, -0.2) is 9.59 Å². The molecular weight excluding hydrogens is 417 g/mol. The van der Waals surface area contributed by atoms with Crippen LogP contribution in [-0.4, -0.2) is 51.4 Å². The van der Waals surface area contributed by atoms with Crippen LogP contribution in [-0.2, 0) is 11.3 Å². The van der Waals surface area contributed by atoms with Crippen molar-refractivity contribution in [2.75, 3.05) is 18.5 Å². The third-order valence-corrected chi connectivity index (χ3v) is 5.25. The van der Waals surface area contributed by atoms with Crippen LogP contribution >= 0.6 is 0 Å². The van der Waals surface area contributed by atoms with Crippen molar-refractivity contribution in [3.63, 3.8) is 0 Å². The Morgan fingerprint density at radius 1 is 1.39 bits per heavy atom. The summed E-state index contributed by atoms with van der Waals surface area (Å²) in [6, 6.07) is 3.90. The maximum atomic E-state index is 13.3. The molecule has 1 saturated heterocycles. The van der Waals surface area contributed by atoms with Crippen molar-refractivity contribution in [1.82, 2.24) is 14.9 Å². The van der Waals surface area contributed by atoms with Crippen molar-refractivity contribution in [1.29, 1.82) is 0 Å². The van der Waals surface area contributed by atoms with Gasteiger partial charge >= 0.3 is 18.2 Å². The lowest BCUT2D eigenvalue weighted by Gasteiger charge is -2.38. The van der Waals surface area contributed by atoms with Gasteiger partial charge in [-0.2, -0.15) is 13.2 Å². The normalized spacial score (nSPS) is 19.2. The number of carbonyl (C=O) groups excluding carboxylic acids is 1. The minimum absolute atomic E-state index is 0.133. The van der Waals surface area contributed by atoms with Gasteiger partial charge in [-0.1, -0.05) is 6.07 Å². The van der Waals surface area contributed by atoms with Gasteiger partial charge in [0, 0.05) is 25.5 Å². The Morgan fingerprint density at radius 2 is 2.16 bits per heavy atom. The van der Waals surface area contributed by atoms with Gasteiger partial charge < -0.3 is 20.1 Å². The van der Waals surface area contributed by atoms with Crippen LogP contribution in [0.15, 0.2) is 30.6 Å². The van der Waals surface area contributed by atoms with Crippen molar-refractivity contribution in [3.05, 3.63) is 47.5 Å². The van der Waals surface area contributed by atoms with Gasteiger partial charge in [0.2, 0.25) is 0 Å². The minimum Gasteiger partial charge on any atom is -0.465 e. The summed E-state index contributed by atoms with van der Waals surface area (Å²) in [4.78, 5) is 31.7. The smallest absolute Gasteiger partial charge is 0.407 e. The minimum atomic E-state index is -4.41. The van der Waals surface area contributed by atoms with Gasteiger partial charge in [0.25, 0.3) is 0 Å². The number of likely N-dealkylation sites (tertiary alicyclic amines) is 1. The molecule has 2 aromatic heterocycles. The summed E-state index contributed by atoms with van der Waals surface area (Å²) >= 11 is 0. The molecule has 2 unspecified atom stereocenters. The first-order chi connectivity index (χ1) is 14.7. The number of hydrogen-bond acceptors (Lipinski definition) is 5. The number of ether oxygens (including phenoxy) is 1. The molecular formula is C20H23F3N4O4. The molecule has 2 atom stereocenters. The molecule has 0 aromatic carbocycles. The number of esters is 1. The molecule has 1 aliphatic rings. The molecule has 0 saturated carbocycles. The fourth-order valence-electron chi connectivity index (χ4n) is 3.73. The highest BCUT2D eigenvalue weighted by molar-refractivity contribution is 5.93. The number of rotatable bonds is 6. The van der Waals surface area contributed by atoms with Crippen LogP contribution in [0, 0.1) is 5.92 Å². The van der Waals surface area contributed by atoms with Crippen LogP contribution < -0.4 is 5.32 Å². The van der Waals surface area contributed by atoms with Crippen LogP contribution in [0.5, 0.6) is 0 Å². The van der Waals surface area contributed by atoms with E-state index in [1.807, 2.05) is 0 Å². The summed E-state index contributed by atoms with van der Waals surface area (Å²) in [6.45, 7) is 1.80. The SMILES string of the molecule is CCOC(=O)c1[nH]ccc1NCc1cccnc1C1CC(C(F)(F)F)CCN1C(=O)O. The van der Waals surface area contributed by atoms with Crippen LogP contribution in [0.1, 0.15) is 47.6 Å². The summed E-state index contributed by atoms with van der Waals surface area (Å²) < 4.78 is 45.0. The maximum Gasteiger partial charge on any atom is 0.407 e. The lowest BCUT2D eigenvalue weighted by molar-refractivity contribution is -0.188. The topological polar surface area (TPSA) is 108 Å². The van der Waals surface area contributed by atoms with E-state index in [-0.39, 0.29) is 37.5 Å². The molecule has 11 heteroatoms. The number of hydrogen-bond donors (Lipinski definition) is 3. The van der Waals surface area contributed by atoms with E-state index >= 15 is 0 Å². The molecule has 0 bridgehead atoms. The number of halogens is 3. The molecule has 0 spiro atoms. The Kier molecular flexibility index (Phi) is 6.71. The highest BCUT2D eigenvalue weighted by Crippen LogP contribution is 2.42. The number of nitrogens with one attached hydrogen (secondary N) is 2. The predicted molar refractivity (Wildman–Crippen MR) is 105 cm³/mol. The quantitative estimate of drug-likeness (QED) is 0.582. The standard InChI is InChI=1S/C20H23F3N4O4/c1-2-31-18(28)17-14(5-8-25-17)26-11-12-4-3-7-24-16(12)15-10-13(20(21,22)23)6-9-27(15)19(29)30/h3-5,7-8,13,15,25-26H,2,6,9-11H2,1H3,(H,29,30). The van der Waals surface area contributed by atoms with E-state index in [2.05, 4.69) is 15.3 Å². The van der Waals surface area contributed by atoms with Crippen LogP contribution in [0.25, 0.3) is 0 Å². The lowest BCUT2D eigenvalue weighted by Crippen LogP contribution is -2.44. The second kappa shape index (κ2) is 9.27. The van der Waals surface area contributed by atoms with E-state index in [4.69, 9.17) is 4.74 Å². The van der Waals surface area contributed by atoms with Gasteiger partial charge in [-0.05, 0) is 37.5 Å². The molecule has 8 nitrogen and oxygen atoms in total. The van der Waals surface area contributed by atoms with Crippen molar-refractivity contribution in [2.45, 2.75) is 38.5 Å². The number of aromatic nitrogens is 2. The Labute approximate surface area is 176 Å². The first kappa shape index (κ1) is 22.4. The Hall–Kier alpha value is -3.24. The number of piperidine rings is 1. The van der Waals surface area contributed by atoms with E-state index in [1.165, 1.54) is 6.20 Å². The lowest BCUT2D eigenvalue weighted by atomic mass is 9.87. The number of nitrogens with zero attached hydrogens (tertiary/aromatic N) is 2. The van der Waals surface area contributed by atoms with Gasteiger partial charge in [-0.15, -0.1) is 0 Å². The van der Waals surface area contributed by atoms with Gasteiger partial charge in [0.15, 0.2) is 0 Å². The molecule has 1 aliphatic heterocycles. The number of carboxylic acid groups (broad SMARTS) is 1. The van der Waals surface area contributed by atoms with Crippen LogP contribution in [0.2, 0.25) is 0 Å². The molecule has 0 radical (unpaired) electrons. The first-order valence-corrected chi connectivity index (χ1v) is 9.80. The monoisotopic (exact) mass is 440 g/mol. The second-order valence-electron chi connectivity index (χ2n) is 7.14. The fourth-order valence-corrected chi connectivity index (χ4v) is 3.73. The summed E-state index contributed by atoms with van der Waals surface area (Å²) in [5, 5.41) is 12.6. The van der Waals surface area contributed by atoms with Gasteiger partial charge in [0.05, 0.1) is 29.9 Å². The molecule has 3 rings (SSSR count). The Morgan fingerprint density at radius 3 is 2.84 bits per heavy atom. The molecule has 0 aliphatic carbocycles. The molecule has 3 N–H and O–H groups in total. The average molecular weight is 440 g/mol. The van der Waals surface area contributed by atoms with E-state index < -0.39 is 36.6 Å². The van der Waals surface area contributed by atoms with Crippen LogP contribution in [0.4, 0.5) is 23.7 Å². The van der Waals surface area contributed by atoms with Gasteiger partial charge in [-0.3, -0.25) is 9.88 Å². The first-order valence-electron chi connectivity index (χ1n) is 9.80. The summed E-state index contributed by atoms with van der Waals surface area (Å²) in [5.41, 5.74) is 1.48. The van der Waals surface area contributed by atoms with Crippen molar-refractivity contribution in [2.24, 2.45) is 5.92 Å². The number of carbonyl (C=O) groups is 2. The number of amides is 1. The van der Waals surface area contributed by atoms with Crippen molar-refractivity contribution >= 4 is 17.7 Å². The number of H-pyrrole nitrogens is 1. The molecule has 3 heterocycles. The van der Waals surface area contributed by atoms with E-state index in [0.717, 1.165) is 4.90 Å². The van der Waals surface area contributed by atoms with Crippen molar-refractivity contribution < 1.29 is 32.6 Å². The third kappa shape index (κ3) is 5.09. The van der Waals surface area contributed by atoms with Crippen molar-refractivity contribution in [3.8, 4) is 0 Å². The van der Waals surface area contributed by atoms with E-state index in [0.29, 0.717) is 11.3 Å². The number of alkyl halides is 3. The molecule has 2 aromatic rings. The largest absolute Gasteiger partial charge is 0.465 e. The predicted octanol–water partition coefficient (Wildman–Crippen LogP) is 4.19. The number of pyridine rings is 1. The van der Waals surface area contributed by atoms with E-state index in [1.54, 1.807) is 31.3 Å². The van der Waals surface area contributed by atoms with Gasteiger partial charge in [0.1, 0.15) is 5.69 Å². The number of aromatic amines is 1. The fraction of sp³-hybridized carbons (Fsp3) is 0.450. The summed E-state index contributed by atoms with van der Waals surface area (Å²) in [7, 11) is 0. The second-order valence-corrected chi connectivity index (χ2v) is 7.14. The molecule has 1 amide bonds. The summed E-state index contributed by atoms with van der Waals surface area (Å²) in [5.74, 6) is -2.14. The molecule has 31 heavy (non-hydrogen) atoms. The van der Waals surface area contributed by atoms with Crippen LogP contribution in [0.3, 0.4) is 0 Å².